The predicted molar refractivity (Wildman–Crippen MR) is 109 cm³/mol. The summed E-state index contributed by atoms with van der Waals surface area (Å²) in [6.45, 7) is 4.70. The van der Waals surface area contributed by atoms with Crippen LogP contribution in [0.4, 0.5) is 0 Å². The second kappa shape index (κ2) is 9.41. The molecule has 0 unspecified atom stereocenters. The average molecular weight is 370 g/mol. The molecule has 0 aliphatic carbocycles. The van der Waals surface area contributed by atoms with E-state index in [1.807, 2.05) is 60.8 Å². The first kappa shape index (κ1) is 18.5. The second-order valence-electron chi connectivity index (χ2n) is 6.19. The molecule has 0 N–H and O–H groups in total. The molecule has 1 fully saturated rings. The van der Waals surface area contributed by atoms with Crippen LogP contribution < -0.4 is 4.74 Å². The molecule has 2 aromatic rings. The van der Waals surface area contributed by atoms with E-state index in [4.69, 9.17) is 16.3 Å². The molecule has 136 valence electrons. The minimum Gasteiger partial charge on any atom is -0.496 e. The van der Waals surface area contributed by atoms with E-state index < -0.39 is 0 Å². The Labute approximate surface area is 160 Å². The third-order valence-corrected chi connectivity index (χ3v) is 4.80. The van der Waals surface area contributed by atoms with Crippen LogP contribution >= 0.6 is 11.6 Å². The van der Waals surface area contributed by atoms with Crippen LogP contribution in [0.2, 0.25) is 5.02 Å². The number of hydrogen-bond acceptors (Lipinski definition) is 4. The van der Waals surface area contributed by atoms with Crippen LogP contribution in [0.3, 0.4) is 0 Å². The molecule has 5 heteroatoms. The first-order valence-corrected chi connectivity index (χ1v) is 9.18. The Kier molecular flexibility index (Phi) is 6.69. The van der Waals surface area contributed by atoms with Crippen LogP contribution in [0, 0.1) is 0 Å². The van der Waals surface area contributed by atoms with E-state index in [0.717, 1.165) is 49.1 Å². The minimum atomic E-state index is 0.842. The average Bonchev–Trinajstić information content (AvgIpc) is 2.68. The molecule has 26 heavy (non-hydrogen) atoms. The maximum Gasteiger partial charge on any atom is 0.126 e. The normalized spacial score (nSPS) is 15.8. The van der Waals surface area contributed by atoms with Crippen molar-refractivity contribution in [1.82, 2.24) is 9.91 Å². The lowest BCUT2D eigenvalue weighted by Gasteiger charge is -2.33. The van der Waals surface area contributed by atoms with Crippen molar-refractivity contribution in [3.05, 3.63) is 70.8 Å². The third kappa shape index (κ3) is 5.10. The molecule has 0 bridgehead atoms. The largest absolute Gasteiger partial charge is 0.496 e. The lowest BCUT2D eigenvalue weighted by atomic mass is 10.2. The number of ether oxygens (including phenoxy) is 1. The van der Waals surface area contributed by atoms with Gasteiger partial charge in [0, 0.05) is 49.5 Å². The van der Waals surface area contributed by atoms with E-state index in [2.05, 4.69) is 21.1 Å². The van der Waals surface area contributed by atoms with Crippen molar-refractivity contribution in [1.29, 1.82) is 0 Å². The smallest absolute Gasteiger partial charge is 0.126 e. The first-order chi connectivity index (χ1) is 12.8. The van der Waals surface area contributed by atoms with Crippen LogP contribution in [0.5, 0.6) is 5.75 Å². The quantitative estimate of drug-likeness (QED) is 0.715. The first-order valence-electron chi connectivity index (χ1n) is 8.80. The number of piperazine rings is 1. The highest BCUT2D eigenvalue weighted by molar-refractivity contribution is 6.31. The number of allylic oxidation sites excluding steroid dienone is 1. The molecule has 4 nitrogen and oxygen atoms in total. The van der Waals surface area contributed by atoms with Gasteiger partial charge in [0.05, 0.1) is 7.11 Å². The van der Waals surface area contributed by atoms with E-state index in [-0.39, 0.29) is 0 Å². The van der Waals surface area contributed by atoms with E-state index >= 15 is 0 Å². The number of para-hydroxylation sites is 1. The minimum absolute atomic E-state index is 0.842. The molecule has 3 rings (SSSR count). The molecule has 1 aliphatic rings. The molecule has 0 amide bonds. The van der Waals surface area contributed by atoms with Gasteiger partial charge < -0.3 is 4.74 Å². The van der Waals surface area contributed by atoms with Gasteiger partial charge in [-0.1, -0.05) is 48.0 Å². The summed E-state index contributed by atoms with van der Waals surface area (Å²) >= 11 is 6.25. The Hall–Kier alpha value is -2.30. The summed E-state index contributed by atoms with van der Waals surface area (Å²) in [4.78, 5) is 2.41. The van der Waals surface area contributed by atoms with Crippen molar-refractivity contribution >= 4 is 23.9 Å². The maximum absolute atomic E-state index is 6.25. The van der Waals surface area contributed by atoms with Gasteiger partial charge in [-0.2, -0.15) is 5.10 Å². The summed E-state index contributed by atoms with van der Waals surface area (Å²) in [5.41, 5.74) is 2.23. The van der Waals surface area contributed by atoms with Crippen LogP contribution in [0.25, 0.3) is 6.08 Å². The van der Waals surface area contributed by atoms with Crippen molar-refractivity contribution in [3.63, 3.8) is 0 Å². The van der Waals surface area contributed by atoms with E-state index in [9.17, 15) is 0 Å². The molecular formula is C21H24ClN3O. The Morgan fingerprint density at radius 3 is 2.54 bits per heavy atom. The number of rotatable bonds is 6. The molecule has 0 atom stereocenters. The molecule has 1 heterocycles. The topological polar surface area (TPSA) is 28.1 Å². The highest BCUT2D eigenvalue weighted by Gasteiger charge is 2.16. The summed E-state index contributed by atoms with van der Waals surface area (Å²) < 4.78 is 5.34. The zero-order valence-corrected chi connectivity index (χ0v) is 15.8. The fraction of sp³-hybridized carbons (Fsp3) is 0.286. The number of hydrogen-bond donors (Lipinski definition) is 0. The summed E-state index contributed by atoms with van der Waals surface area (Å²) in [6, 6.07) is 16.0. The van der Waals surface area contributed by atoms with Crippen LogP contribution in [0.1, 0.15) is 11.1 Å². The molecule has 2 aromatic carbocycles. The number of nitrogens with zero attached hydrogens (tertiary/aromatic N) is 3. The Bertz CT molecular complexity index is 767. The molecule has 0 aromatic heterocycles. The van der Waals surface area contributed by atoms with Crippen LogP contribution in [-0.2, 0) is 6.54 Å². The number of halogens is 1. The molecule has 1 saturated heterocycles. The fourth-order valence-corrected chi connectivity index (χ4v) is 3.16. The predicted octanol–water partition coefficient (Wildman–Crippen LogP) is 4.17. The summed E-state index contributed by atoms with van der Waals surface area (Å²) in [5, 5.41) is 7.49. The highest BCUT2D eigenvalue weighted by atomic mass is 35.5. The standard InChI is InChI=1S/C21H24ClN3O/c1-26-21-11-5-3-7-18(21)9-6-12-23-25-15-13-24(14-16-25)17-19-8-2-4-10-20(19)22/h2-12H,13-17H2,1H3/b9-6+,23-12-. The molecule has 0 saturated carbocycles. The SMILES string of the molecule is COc1ccccc1/C=C/C=N\N1CCN(Cc2ccccc2Cl)CC1. The summed E-state index contributed by atoms with van der Waals surface area (Å²) in [5.74, 6) is 0.866. The molecule has 0 radical (unpaired) electrons. The Morgan fingerprint density at radius 2 is 1.77 bits per heavy atom. The van der Waals surface area contributed by atoms with Crippen molar-refractivity contribution in [2.45, 2.75) is 6.54 Å². The monoisotopic (exact) mass is 369 g/mol. The zero-order valence-electron chi connectivity index (χ0n) is 15.0. The van der Waals surface area contributed by atoms with E-state index in [0.29, 0.717) is 0 Å². The van der Waals surface area contributed by atoms with Gasteiger partial charge in [0.2, 0.25) is 0 Å². The van der Waals surface area contributed by atoms with Gasteiger partial charge in [-0.25, -0.2) is 0 Å². The lowest BCUT2D eigenvalue weighted by molar-refractivity contribution is 0.131. The lowest BCUT2D eigenvalue weighted by Crippen LogP contribution is -2.43. The molecular weight excluding hydrogens is 346 g/mol. The Morgan fingerprint density at radius 1 is 1.04 bits per heavy atom. The second-order valence-corrected chi connectivity index (χ2v) is 6.59. The third-order valence-electron chi connectivity index (χ3n) is 4.43. The number of methoxy groups -OCH3 is 1. The fourth-order valence-electron chi connectivity index (χ4n) is 2.96. The van der Waals surface area contributed by atoms with Gasteiger partial charge in [-0.3, -0.25) is 9.91 Å². The van der Waals surface area contributed by atoms with Gasteiger partial charge in [0.15, 0.2) is 0 Å². The number of benzene rings is 2. The van der Waals surface area contributed by atoms with Gasteiger partial charge in [0.1, 0.15) is 5.75 Å². The molecule has 1 aliphatic heterocycles. The summed E-state index contributed by atoms with van der Waals surface area (Å²) in [7, 11) is 1.68. The van der Waals surface area contributed by atoms with Crippen molar-refractivity contribution in [3.8, 4) is 5.75 Å². The van der Waals surface area contributed by atoms with Gasteiger partial charge in [-0.05, 0) is 29.8 Å². The van der Waals surface area contributed by atoms with Gasteiger partial charge >= 0.3 is 0 Å². The Balaban J connectivity index is 1.47. The van der Waals surface area contributed by atoms with Crippen molar-refractivity contribution in [2.75, 3.05) is 33.3 Å². The maximum atomic E-state index is 6.25. The highest BCUT2D eigenvalue weighted by Crippen LogP contribution is 2.19. The number of hydrazone groups is 1. The van der Waals surface area contributed by atoms with E-state index in [1.54, 1.807) is 7.11 Å². The van der Waals surface area contributed by atoms with Gasteiger partial charge in [0.25, 0.3) is 0 Å². The van der Waals surface area contributed by atoms with Crippen molar-refractivity contribution in [2.24, 2.45) is 5.10 Å². The van der Waals surface area contributed by atoms with Crippen molar-refractivity contribution < 1.29 is 4.74 Å². The van der Waals surface area contributed by atoms with Gasteiger partial charge in [-0.15, -0.1) is 0 Å². The van der Waals surface area contributed by atoms with Crippen LogP contribution in [-0.4, -0.2) is 49.4 Å². The zero-order chi connectivity index (χ0) is 18.2. The van der Waals surface area contributed by atoms with Crippen LogP contribution in [0.15, 0.2) is 59.7 Å². The van der Waals surface area contributed by atoms with E-state index in [1.165, 1.54) is 5.56 Å². The molecule has 0 spiro atoms. The summed E-state index contributed by atoms with van der Waals surface area (Å²) in [6.07, 6.45) is 5.81.